The third kappa shape index (κ3) is 3.36. The quantitative estimate of drug-likeness (QED) is 0.910. The fraction of sp³-hybridized carbons (Fsp3) is 0.333. The van der Waals surface area contributed by atoms with E-state index in [2.05, 4.69) is 10.3 Å². The predicted molar refractivity (Wildman–Crippen MR) is 85.9 cm³/mol. The molecule has 0 saturated carbocycles. The summed E-state index contributed by atoms with van der Waals surface area (Å²) in [4.78, 5) is 17.8. The highest BCUT2D eigenvalue weighted by Gasteiger charge is 2.19. The second-order valence-electron chi connectivity index (χ2n) is 5.17. The summed E-state index contributed by atoms with van der Waals surface area (Å²) in [7, 11) is -3.42. The van der Waals surface area contributed by atoms with E-state index >= 15 is 0 Å². The van der Waals surface area contributed by atoms with Crippen molar-refractivity contribution in [2.24, 2.45) is 0 Å². The summed E-state index contributed by atoms with van der Waals surface area (Å²) in [5.74, 6) is -0.513. The molecule has 0 spiro atoms. The number of benzene rings is 1. The SMILES string of the molecule is O=C(CCS(=O)(=O)c1ccccc1)Nc1nc2c(s1)CCC2. The van der Waals surface area contributed by atoms with Gasteiger partial charge in [-0.25, -0.2) is 13.4 Å². The fourth-order valence-electron chi connectivity index (χ4n) is 2.40. The molecule has 7 heteroatoms. The number of rotatable bonds is 5. The Morgan fingerprint density at radius 1 is 1.23 bits per heavy atom. The summed E-state index contributed by atoms with van der Waals surface area (Å²) < 4.78 is 24.2. The standard InChI is InChI=1S/C15H16N2O3S2/c18-14(17-15-16-12-7-4-8-13(12)21-15)9-10-22(19,20)11-5-2-1-3-6-11/h1-3,5-6H,4,7-10H2,(H,16,17,18). The van der Waals surface area contributed by atoms with Crippen LogP contribution in [0.15, 0.2) is 35.2 Å². The minimum Gasteiger partial charge on any atom is -0.302 e. The number of nitrogens with one attached hydrogen (secondary N) is 1. The van der Waals surface area contributed by atoms with Crippen molar-refractivity contribution in [1.29, 1.82) is 0 Å². The zero-order valence-electron chi connectivity index (χ0n) is 11.9. The molecule has 0 saturated heterocycles. The number of thiazole rings is 1. The van der Waals surface area contributed by atoms with Crippen LogP contribution in [0.2, 0.25) is 0 Å². The van der Waals surface area contributed by atoms with E-state index in [0.29, 0.717) is 5.13 Å². The lowest BCUT2D eigenvalue weighted by atomic mass is 10.4. The summed E-state index contributed by atoms with van der Waals surface area (Å²) in [6.45, 7) is 0. The zero-order valence-corrected chi connectivity index (χ0v) is 13.5. The number of aromatic nitrogens is 1. The maximum atomic E-state index is 12.1. The molecule has 2 aromatic rings. The molecular formula is C15H16N2O3S2. The van der Waals surface area contributed by atoms with Gasteiger partial charge in [-0.05, 0) is 31.4 Å². The van der Waals surface area contributed by atoms with Gasteiger partial charge >= 0.3 is 0 Å². The molecule has 1 amide bonds. The normalized spacial score (nSPS) is 13.8. The van der Waals surface area contributed by atoms with Crippen LogP contribution in [0.25, 0.3) is 0 Å². The van der Waals surface area contributed by atoms with Crippen molar-refractivity contribution in [3.63, 3.8) is 0 Å². The Bertz CT molecular complexity index is 761. The molecule has 1 aliphatic carbocycles. The first-order valence-corrected chi connectivity index (χ1v) is 9.58. The monoisotopic (exact) mass is 336 g/mol. The number of anilines is 1. The number of hydrogen-bond donors (Lipinski definition) is 1. The smallest absolute Gasteiger partial charge is 0.227 e. The third-order valence-corrected chi connectivity index (χ3v) is 6.35. The topological polar surface area (TPSA) is 76.1 Å². The molecule has 0 atom stereocenters. The summed E-state index contributed by atoms with van der Waals surface area (Å²) in [6.07, 6.45) is 3.04. The van der Waals surface area contributed by atoms with E-state index in [0.717, 1.165) is 25.0 Å². The Morgan fingerprint density at radius 2 is 2.00 bits per heavy atom. The lowest BCUT2D eigenvalue weighted by Crippen LogP contribution is -2.17. The zero-order chi connectivity index (χ0) is 15.6. The summed E-state index contributed by atoms with van der Waals surface area (Å²) in [5.41, 5.74) is 1.07. The first-order valence-electron chi connectivity index (χ1n) is 7.11. The van der Waals surface area contributed by atoms with E-state index in [4.69, 9.17) is 0 Å². The van der Waals surface area contributed by atoms with Gasteiger partial charge < -0.3 is 5.32 Å². The van der Waals surface area contributed by atoms with Crippen LogP contribution in [-0.4, -0.2) is 25.1 Å². The fourth-order valence-corrected chi connectivity index (χ4v) is 4.73. The first-order chi connectivity index (χ1) is 10.5. The molecule has 1 aromatic carbocycles. The Labute approximate surface area is 133 Å². The lowest BCUT2D eigenvalue weighted by Gasteiger charge is -2.04. The number of sulfone groups is 1. The van der Waals surface area contributed by atoms with Gasteiger partial charge in [0.05, 0.1) is 16.3 Å². The molecule has 1 aromatic heterocycles. The minimum atomic E-state index is -3.42. The molecule has 1 aliphatic rings. The van der Waals surface area contributed by atoms with Crippen LogP contribution in [-0.2, 0) is 27.5 Å². The van der Waals surface area contributed by atoms with Gasteiger partial charge in [0, 0.05) is 11.3 Å². The Hall–Kier alpha value is -1.73. The summed E-state index contributed by atoms with van der Waals surface area (Å²) in [6, 6.07) is 8.18. The number of aryl methyl sites for hydroxylation is 2. The third-order valence-electron chi connectivity index (χ3n) is 3.54. The molecular weight excluding hydrogens is 320 g/mol. The maximum absolute atomic E-state index is 12.1. The van der Waals surface area contributed by atoms with E-state index in [1.165, 1.54) is 16.2 Å². The number of carbonyl (C=O) groups excluding carboxylic acids is 1. The highest BCUT2D eigenvalue weighted by atomic mass is 32.2. The van der Waals surface area contributed by atoms with Crippen LogP contribution in [0.1, 0.15) is 23.4 Å². The number of nitrogens with zero attached hydrogens (tertiary/aromatic N) is 1. The van der Waals surface area contributed by atoms with Crippen molar-refractivity contribution in [3.05, 3.63) is 40.9 Å². The number of amides is 1. The lowest BCUT2D eigenvalue weighted by molar-refractivity contribution is -0.115. The van der Waals surface area contributed by atoms with E-state index in [1.807, 2.05) is 0 Å². The molecule has 0 aliphatic heterocycles. The minimum absolute atomic E-state index is 0.0680. The predicted octanol–water partition coefficient (Wildman–Crippen LogP) is 2.43. The summed E-state index contributed by atoms with van der Waals surface area (Å²) >= 11 is 1.49. The van der Waals surface area contributed by atoms with Crippen molar-refractivity contribution >= 4 is 32.2 Å². The van der Waals surface area contributed by atoms with Crippen LogP contribution in [0, 0.1) is 0 Å². The number of fused-ring (bicyclic) bond motifs is 1. The van der Waals surface area contributed by atoms with Gasteiger partial charge in [0.2, 0.25) is 5.91 Å². The van der Waals surface area contributed by atoms with Crippen molar-refractivity contribution in [1.82, 2.24) is 4.98 Å². The highest BCUT2D eigenvalue weighted by Crippen LogP contribution is 2.30. The number of carbonyl (C=O) groups is 1. The second kappa shape index (κ2) is 6.18. The van der Waals surface area contributed by atoms with Gasteiger partial charge in [-0.3, -0.25) is 4.79 Å². The molecule has 0 unspecified atom stereocenters. The Morgan fingerprint density at radius 3 is 2.73 bits per heavy atom. The van der Waals surface area contributed by atoms with E-state index in [9.17, 15) is 13.2 Å². The number of hydrogen-bond acceptors (Lipinski definition) is 5. The van der Waals surface area contributed by atoms with E-state index in [1.54, 1.807) is 30.3 Å². The highest BCUT2D eigenvalue weighted by molar-refractivity contribution is 7.91. The largest absolute Gasteiger partial charge is 0.302 e. The van der Waals surface area contributed by atoms with Gasteiger partial charge in [-0.2, -0.15) is 0 Å². The van der Waals surface area contributed by atoms with Crippen molar-refractivity contribution in [2.45, 2.75) is 30.6 Å². The summed E-state index contributed by atoms with van der Waals surface area (Å²) in [5, 5.41) is 3.28. The molecule has 0 fully saturated rings. The van der Waals surface area contributed by atoms with Gasteiger partial charge in [0.25, 0.3) is 0 Å². The van der Waals surface area contributed by atoms with E-state index in [-0.39, 0.29) is 23.0 Å². The van der Waals surface area contributed by atoms with Crippen LogP contribution in [0.5, 0.6) is 0 Å². The second-order valence-corrected chi connectivity index (χ2v) is 8.37. The Balaban J connectivity index is 1.58. The molecule has 1 N–H and O–H groups in total. The van der Waals surface area contributed by atoms with Gasteiger partial charge in [0.15, 0.2) is 15.0 Å². The van der Waals surface area contributed by atoms with Gasteiger partial charge in [-0.1, -0.05) is 18.2 Å². The average Bonchev–Trinajstić information content (AvgIpc) is 3.07. The molecule has 3 rings (SSSR count). The molecule has 22 heavy (non-hydrogen) atoms. The van der Waals surface area contributed by atoms with Crippen LogP contribution >= 0.6 is 11.3 Å². The molecule has 5 nitrogen and oxygen atoms in total. The molecule has 0 radical (unpaired) electrons. The van der Waals surface area contributed by atoms with Crippen molar-refractivity contribution < 1.29 is 13.2 Å². The Kier molecular flexibility index (Phi) is 4.26. The average molecular weight is 336 g/mol. The van der Waals surface area contributed by atoms with Crippen LogP contribution in [0.4, 0.5) is 5.13 Å². The van der Waals surface area contributed by atoms with Gasteiger partial charge in [-0.15, -0.1) is 11.3 Å². The first kappa shape index (κ1) is 15.2. The van der Waals surface area contributed by atoms with Crippen LogP contribution < -0.4 is 5.32 Å². The molecule has 116 valence electrons. The maximum Gasteiger partial charge on any atom is 0.227 e. The van der Waals surface area contributed by atoms with Crippen LogP contribution in [0.3, 0.4) is 0 Å². The van der Waals surface area contributed by atoms with Gasteiger partial charge in [0.1, 0.15) is 0 Å². The molecule has 1 heterocycles. The van der Waals surface area contributed by atoms with Crippen molar-refractivity contribution in [2.75, 3.05) is 11.1 Å². The van der Waals surface area contributed by atoms with E-state index < -0.39 is 9.84 Å². The van der Waals surface area contributed by atoms with Crippen molar-refractivity contribution in [3.8, 4) is 0 Å². The molecule has 0 bridgehead atoms.